The highest BCUT2D eigenvalue weighted by atomic mass is 16.6. The van der Waals surface area contributed by atoms with E-state index in [4.69, 9.17) is 0 Å². The third-order valence-corrected chi connectivity index (χ3v) is 2.55. The normalized spacial score (nSPS) is 10.5. The fourth-order valence-corrected chi connectivity index (χ4v) is 1.82. The topological polar surface area (TPSA) is 137 Å². The highest BCUT2D eigenvalue weighted by Crippen LogP contribution is 2.32. The molecule has 0 saturated carbocycles. The Morgan fingerprint density at radius 1 is 1.15 bits per heavy atom. The first kappa shape index (κ1) is 13.4. The second-order valence-corrected chi connectivity index (χ2v) is 4.09. The molecule has 10 heteroatoms. The first-order chi connectivity index (χ1) is 9.31. The van der Waals surface area contributed by atoms with Crippen molar-refractivity contribution in [1.29, 1.82) is 0 Å². The lowest BCUT2D eigenvalue weighted by Crippen LogP contribution is -2.18. The van der Waals surface area contributed by atoms with Crippen molar-refractivity contribution >= 4 is 11.4 Å². The summed E-state index contributed by atoms with van der Waals surface area (Å²) in [4.78, 5) is 34.5. The lowest BCUT2D eigenvalue weighted by atomic mass is 10.1. The number of aromatic nitrogens is 3. The monoisotopic (exact) mass is 279 g/mol. The van der Waals surface area contributed by atoms with Gasteiger partial charge in [0.1, 0.15) is 5.82 Å². The summed E-state index contributed by atoms with van der Waals surface area (Å²) in [6.45, 7) is 2.95. The van der Waals surface area contributed by atoms with Crippen LogP contribution in [-0.2, 0) is 0 Å². The average Bonchev–Trinajstić information content (AvgIpc) is 2.66. The minimum Gasteiger partial charge on any atom is -0.293 e. The van der Waals surface area contributed by atoms with E-state index in [2.05, 4.69) is 10.1 Å². The number of nitro benzene ring substituents is 2. The zero-order valence-corrected chi connectivity index (χ0v) is 10.5. The van der Waals surface area contributed by atoms with Gasteiger partial charge in [-0.05, 0) is 19.4 Å². The fourth-order valence-electron chi connectivity index (χ4n) is 1.82. The molecule has 1 aromatic heterocycles. The molecule has 104 valence electrons. The van der Waals surface area contributed by atoms with Gasteiger partial charge in [-0.1, -0.05) is 0 Å². The van der Waals surface area contributed by atoms with Gasteiger partial charge < -0.3 is 0 Å². The number of nitro groups is 2. The highest BCUT2D eigenvalue weighted by molar-refractivity contribution is 5.66. The van der Waals surface area contributed by atoms with E-state index in [0.717, 1.165) is 12.1 Å². The van der Waals surface area contributed by atoms with Gasteiger partial charge in [0.2, 0.25) is 5.69 Å². The molecule has 10 nitrogen and oxygen atoms in total. The molecule has 1 N–H and O–H groups in total. The molecule has 1 heterocycles. The minimum absolute atomic E-state index is 0.194. The van der Waals surface area contributed by atoms with Crippen LogP contribution in [0.5, 0.6) is 0 Å². The van der Waals surface area contributed by atoms with Crippen molar-refractivity contribution in [2.45, 2.75) is 13.8 Å². The number of rotatable bonds is 3. The molecule has 0 aliphatic rings. The number of H-pyrrole nitrogens is 1. The number of hydrogen-bond acceptors (Lipinski definition) is 6. The molecule has 20 heavy (non-hydrogen) atoms. The van der Waals surface area contributed by atoms with Crippen molar-refractivity contribution in [2.75, 3.05) is 0 Å². The summed E-state index contributed by atoms with van der Waals surface area (Å²) >= 11 is 0. The molecule has 0 radical (unpaired) electrons. The Balaban J connectivity index is 2.92. The predicted molar refractivity (Wildman–Crippen MR) is 67.0 cm³/mol. The molecule has 1 aromatic carbocycles. The van der Waals surface area contributed by atoms with E-state index in [-0.39, 0.29) is 5.82 Å². The molecule has 2 rings (SSSR count). The molecule has 0 fully saturated rings. The van der Waals surface area contributed by atoms with Gasteiger partial charge in [-0.2, -0.15) is 4.68 Å². The number of hydrogen-bond donors (Lipinski definition) is 1. The average molecular weight is 279 g/mol. The van der Waals surface area contributed by atoms with Gasteiger partial charge >= 0.3 is 17.1 Å². The molecule has 0 bridgehead atoms. The minimum atomic E-state index is -0.786. The number of aromatic amines is 1. The molecular formula is C10H9N5O5. The third-order valence-electron chi connectivity index (χ3n) is 2.55. The maximum atomic E-state index is 11.7. The second kappa shape index (κ2) is 4.57. The number of nitrogens with zero attached hydrogens (tertiary/aromatic N) is 4. The summed E-state index contributed by atoms with van der Waals surface area (Å²) in [5, 5.41) is 25.9. The van der Waals surface area contributed by atoms with Crippen molar-refractivity contribution in [3.63, 3.8) is 0 Å². The quantitative estimate of drug-likeness (QED) is 0.657. The first-order valence-corrected chi connectivity index (χ1v) is 5.41. The van der Waals surface area contributed by atoms with Crippen LogP contribution >= 0.6 is 0 Å². The zero-order valence-electron chi connectivity index (χ0n) is 10.5. The molecule has 0 unspecified atom stereocenters. The molecule has 0 saturated heterocycles. The Labute approximate surface area is 111 Å². The molecule has 0 aliphatic carbocycles. The van der Waals surface area contributed by atoms with E-state index in [1.807, 2.05) is 0 Å². The van der Waals surface area contributed by atoms with Crippen molar-refractivity contribution in [2.24, 2.45) is 0 Å². The first-order valence-electron chi connectivity index (χ1n) is 5.41. The molecule has 0 amide bonds. The summed E-state index contributed by atoms with van der Waals surface area (Å²) in [5.74, 6) is 0.194. The number of benzene rings is 1. The third kappa shape index (κ3) is 2.13. The standard InChI is InChI=1S/C10H9N5O5/c1-5-3-7(14(17)18)9(8(4-5)15(19)20)13-10(16)11-6(2)12-13/h3-4H,1-2H3,(H,11,12,16). The van der Waals surface area contributed by atoms with Crippen LogP contribution in [0.4, 0.5) is 11.4 Å². The summed E-state index contributed by atoms with van der Waals surface area (Å²) in [6, 6.07) is 2.30. The molecular weight excluding hydrogens is 270 g/mol. The van der Waals surface area contributed by atoms with E-state index >= 15 is 0 Å². The van der Waals surface area contributed by atoms with E-state index in [1.54, 1.807) is 0 Å². The van der Waals surface area contributed by atoms with Crippen LogP contribution in [0.3, 0.4) is 0 Å². The Kier molecular flexibility index (Phi) is 3.06. The van der Waals surface area contributed by atoms with Gasteiger partial charge in [0.05, 0.1) is 9.85 Å². The lowest BCUT2D eigenvalue weighted by molar-refractivity contribution is -0.393. The van der Waals surface area contributed by atoms with Gasteiger partial charge in [0.15, 0.2) is 0 Å². The largest absolute Gasteiger partial charge is 0.348 e. The number of aryl methyl sites for hydroxylation is 2. The van der Waals surface area contributed by atoms with E-state index < -0.39 is 32.6 Å². The molecule has 2 aromatic rings. The van der Waals surface area contributed by atoms with Gasteiger partial charge in [0.25, 0.3) is 0 Å². The van der Waals surface area contributed by atoms with Gasteiger partial charge in [-0.15, -0.1) is 5.10 Å². The van der Waals surface area contributed by atoms with Crippen LogP contribution < -0.4 is 5.69 Å². The van der Waals surface area contributed by atoms with Crippen LogP contribution in [-0.4, -0.2) is 24.6 Å². The Bertz CT molecular complexity index is 740. The van der Waals surface area contributed by atoms with Gasteiger partial charge in [-0.3, -0.25) is 25.2 Å². The van der Waals surface area contributed by atoms with Crippen molar-refractivity contribution < 1.29 is 9.85 Å². The summed E-state index contributed by atoms with van der Waals surface area (Å²) in [5.41, 5.74) is -2.00. The fraction of sp³-hybridized carbons (Fsp3) is 0.200. The SMILES string of the molecule is Cc1cc([N+](=O)[O-])c(-n2nc(C)[nH]c2=O)c([N+](=O)[O-])c1. The van der Waals surface area contributed by atoms with E-state index in [1.165, 1.54) is 13.8 Å². The number of nitrogens with one attached hydrogen (secondary N) is 1. The zero-order chi connectivity index (χ0) is 15.0. The molecule has 0 aliphatic heterocycles. The Morgan fingerprint density at radius 2 is 1.65 bits per heavy atom. The van der Waals surface area contributed by atoms with Gasteiger partial charge in [-0.25, -0.2) is 4.79 Å². The lowest BCUT2D eigenvalue weighted by Gasteiger charge is -2.04. The van der Waals surface area contributed by atoms with Crippen LogP contribution in [0.1, 0.15) is 11.4 Å². The summed E-state index contributed by atoms with van der Waals surface area (Å²) in [7, 11) is 0. The maximum Gasteiger partial charge on any atom is 0.348 e. The van der Waals surface area contributed by atoms with E-state index in [0.29, 0.717) is 10.2 Å². The van der Waals surface area contributed by atoms with Crippen LogP contribution in [0.15, 0.2) is 16.9 Å². The predicted octanol–water partition coefficient (Wildman–Crippen LogP) is 0.994. The maximum absolute atomic E-state index is 11.7. The van der Waals surface area contributed by atoms with Crippen LogP contribution in [0, 0.1) is 34.1 Å². The summed E-state index contributed by atoms with van der Waals surface area (Å²) in [6.07, 6.45) is 0. The van der Waals surface area contributed by atoms with E-state index in [9.17, 15) is 25.0 Å². The van der Waals surface area contributed by atoms with Crippen molar-refractivity contribution in [1.82, 2.24) is 14.8 Å². The Hall–Kier alpha value is -3.04. The van der Waals surface area contributed by atoms with Crippen LogP contribution in [0.25, 0.3) is 5.69 Å². The van der Waals surface area contributed by atoms with Gasteiger partial charge in [0, 0.05) is 12.1 Å². The molecule has 0 spiro atoms. The summed E-state index contributed by atoms with van der Waals surface area (Å²) < 4.78 is 0.630. The Morgan fingerprint density at radius 3 is 2.00 bits per heavy atom. The second-order valence-electron chi connectivity index (χ2n) is 4.09. The smallest absolute Gasteiger partial charge is 0.293 e. The van der Waals surface area contributed by atoms with Crippen molar-refractivity contribution in [3.05, 3.63) is 54.2 Å². The highest BCUT2D eigenvalue weighted by Gasteiger charge is 2.29. The molecule has 0 atom stereocenters. The van der Waals surface area contributed by atoms with Crippen molar-refractivity contribution in [3.8, 4) is 5.69 Å². The van der Waals surface area contributed by atoms with Crippen LogP contribution in [0.2, 0.25) is 0 Å².